The zero-order valence-corrected chi connectivity index (χ0v) is 11.7. The molecule has 0 aliphatic carbocycles. The molecule has 0 bridgehead atoms. The Kier molecular flexibility index (Phi) is 5.56. The number of aryl methyl sites for hydroxylation is 1. The highest BCUT2D eigenvalue weighted by Gasteiger charge is 2.13. The second kappa shape index (κ2) is 6.71. The van der Waals surface area contributed by atoms with Crippen LogP contribution in [0, 0.1) is 5.92 Å². The molecule has 1 aromatic rings. The molecule has 1 heterocycles. The monoisotopic (exact) mass is 270 g/mol. The van der Waals surface area contributed by atoms with Crippen molar-refractivity contribution in [2.24, 2.45) is 5.92 Å². The SMILES string of the molecule is CCc1cc(C(=O)NCC(O)C(C)C)cc(Cl)n1. The molecule has 1 amide bonds. The first-order valence-electron chi connectivity index (χ1n) is 6.06. The van der Waals surface area contributed by atoms with Crippen molar-refractivity contribution in [1.29, 1.82) is 0 Å². The number of nitrogens with zero attached hydrogens (tertiary/aromatic N) is 1. The van der Waals surface area contributed by atoms with Gasteiger partial charge in [-0.25, -0.2) is 4.98 Å². The van der Waals surface area contributed by atoms with E-state index in [0.717, 1.165) is 12.1 Å². The first-order valence-corrected chi connectivity index (χ1v) is 6.44. The van der Waals surface area contributed by atoms with E-state index in [-0.39, 0.29) is 18.4 Å². The van der Waals surface area contributed by atoms with Crippen molar-refractivity contribution in [3.8, 4) is 0 Å². The van der Waals surface area contributed by atoms with Crippen LogP contribution in [0.1, 0.15) is 36.8 Å². The topological polar surface area (TPSA) is 62.2 Å². The van der Waals surface area contributed by atoms with Gasteiger partial charge in [0.15, 0.2) is 0 Å². The number of aromatic nitrogens is 1. The molecule has 0 aromatic carbocycles. The first-order chi connectivity index (χ1) is 8.43. The molecular weight excluding hydrogens is 252 g/mol. The van der Waals surface area contributed by atoms with Crippen LogP contribution in [0.5, 0.6) is 0 Å². The van der Waals surface area contributed by atoms with E-state index in [2.05, 4.69) is 10.3 Å². The highest BCUT2D eigenvalue weighted by Crippen LogP contribution is 2.11. The fourth-order valence-corrected chi connectivity index (χ4v) is 1.62. The lowest BCUT2D eigenvalue weighted by molar-refractivity contribution is 0.0871. The quantitative estimate of drug-likeness (QED) is 0.805. The molecule has 2 N–H and O–H groups in total. The average molecular weight is 271 g/mol. The van der Waals surface area contributed by atoms with E-state index in [1.54, 1.807) is 6.07 Å². The van der Waals surface area contributed by atoms with E-state index in [4.69, 9.17) is 11.6 Å². The Labute approximate surface area is 112 Å². The van der Waals surface area contributed by atoms with Crippen molar-refractivity contribution < 1.29 is 9.90 Å². The van der Waals surface area contributed by atoms with Crippen molar-refractivity contribution in [1.82, 2.24) is 10.3 Å². The van der Waals surface area contributed by atoms with Crippen LogP contribution in [0.2, 0.25) is 5.15 Å². The maximum Gasteiger partial charge on any atom is 0.251 e. The fraction of sp³-hybridized carbons (Fsp3) is 0.538. The molecule has 1 unspecified atom stereocenters. The summed E-state index contributed by atoms with van der Waals surface area (Å²) in [5.41, 5.74) is 1.25. The lowest BCUT2D eigenvalue weighted by Gasteiger charge is -2.15. The molecule has 0 saturated carbocycles. The normalized spacial score (nSPS) is 12.6. The summed E-state index contributed by atoms with van der Waals surface area (Å²) in [6, 6.07) is 3.24. The second-order valence-corrected chi connectivity index (χ2v) is 4.93. The molecule has 5 heteroatoms. The zero-order valence-electron chi connectivity index (χ0n) is 10.9. The van der Waals surface area contributed by atoms with Crippen LogP contribution in [0.3, 0.4) is 0 Å². The third kappa shape index (κ3) is 4.27. The maximum absolute atomic E-state index is 11.9. The predicted molar refractivity (Wildman–Crippen MR) is 71.8 cm³/mol. The van der Waals surface area contributed by atoms with Crippen molar-refractivity contribution in [3.63, 3.8) is 0 Å². The van der Waals surface area contributed by atoms with Crippen LogP contribution in [0.25, 0.3) is 0 Å². The summed E-state index contributed by atoms with van der Waals surface area (Å²) >= 11 is 5.85. The van der Waals surface area contributed by atoms with Crippen LogP contribution >= 0.6 is 11.6 Å². The number of hydrogen-bond donors (Lipinski definition) is 2. The Morgan fingerprint density at radius 3 is 2.72 bits per heavy atom. The number of carbonyl (C=O) groups excluding carboxylic acids is 1. The number of aliphatic hydroxyl groups is 1. The molecule has 0 aliphatic heterocycles. The first kappa shape index (κ1) is 14.9. The Bertz CT molecular complexity index is 421. The van der Waals surface area contributed by atoms with Gasteiger partial charge in [0.25, 0.3) is 5.91 Å². The number of halogens is 1. The second-order valence-electron chi connectivity index (χ2n) is 4.54. The highest BCUT2D eigenvalue weighted by molar-refractivity contribution is 6.29. The minimum Gasteiger partial charge on any atom is -0.391 e. The molecule has 1 aromatic heterocycles. The van der Waals surface area contributed by atoms with Crippen LogP contribution in [-0.2, 0) is 6.42 Å². The number of pyridine rings is 1. The molecule has 0 fully saturated rings. The van der Waals surface area contributed by atoms with Crippen molar-refractivity contribution in [3.05, 3.63) is 28.5 Å². The van der Waals surface area contributed by atoms with Gasteiger partial charge < -0.3 is 10.4 Å². The Balaban J connectivity index is 2.69. The summed E-state index contributed by atoms with van der Waals surface area (Å²) in [4.78, 5) is 16.0. The summed E-state index contributed by atoms with van der Waals surface area (Å²) in [5, 5.41) is 12.6. The van der Waals surface area contributed by atoms with E-state index in [1.165, 1.54) is 6.07 Å². The lowest BCUT2D eigenvalue weighted by atomic mass is 10.1. The summed E-state index contributed by atoms with van der Waals surface area (Å²) < 4.78 is 0. The van der Waals surface area contributed by atoms with E-state index >= 15 is 0 Å². The van der Waals surface area contributed by atoms with Gasteiger partial charge >= 0.3 is 0 Å². The van der Waals surface area contributed by atoms with Crippen LogP contribution in [-0.4, -0.2) is 28.6 Å². The molecule has 1 rings (SSSR count). The van der Waals surface area contributed by atoms with Gasteiger partial charge in [-0.15, -0.1) is 0 Å². The van der Waals surface area contributed by atoms with E-state index < -0.39 is 6.10 Å². The van der Waals surface area contributed by atoms with E-state index in [0.29, 0.717) is 10.7 Å². The largest absolute Gasteiger partial charge is 0.391 e. The molecule has 100 valence electrons. The predicted octanol–water partition coefficient (Wildman–Crippen LogP) is 2.04. The van der Waals surface area contributed by atoms with Crippen LogP contribution in [0.15, 0.2) is 12.1 Å². The Hall–Kier alpha value is -1.13. The van der Waals surface area contributed by atoms with Gasteiger partial charge in [0.2, 0.25) is 0 Å². The molecular formula is C13H19ClN2O2. The van der Waals surface area contributed by atoms with Crippen LogP contribution < -0.4 is 5.32 Å². The minimum atomic E-state index is -0.545. The van der Waals surface area contributed by atoms with Gasteiger partial charge in [-0.3, -0.25) is 4.79 Å². The summed E-state index contributed by atoms with van der Waals surface area (Å²) in [7, 11) is 0. The molecule has 0 radical (unpaired) electrons. The third-order valence-corrected chi connectivity index (χ3v) is 2.91. The highest BCUT2D eigenvalue weighted by atomic mass is 35.5. The molecule has 1 atom stereocenters. The molecule has 0 aliphatic rings. The lowest BCUT2D eigenvalue weighted by Crippen LogP contribution is -2.34. The molecule has 0 saturated heterocycles. The minimum absolute atomic E-state index is 0.109. The van der Waals surface area contributed by atoms with Crippen molar-refractivity contribution >= 4 is 17.5 Å². The Morgan fingerprint density at radius 1 is 1.50 bits per heavy atom. The van der Waals surface area contributed by atoms with E-state index in [1.807, 2.05) is 20.8 Å². The van der Waals surface area contributed by atoms with Crippen molar-refractivity contribution in [2.75, 3.05) is 6.54 Å². The number of rotatable bonds is 5. The van der Waals surface area contributed by atoms with Crippen molar-refractivity contribution in [2.45, 2.75) is 33.3 Å². The Morgan fingerprint density at radius 2 is 2.17 bits per heavy atom. The molecule has 18 heavy (non-hydrogen) atoms. The summed E-state index contributed by atoms with van der Waals surface area (Å²) in [6.07, 6.45) is 0.173. The zero-order chi connectivity index (χ0) is 13.7. The summed E-state index contributed by atoms with van der Waals surface area (Å²) in [5.74, 6) is -0.133. The smallest absolute Gasteiger partial charge is 0.251 e. The average Bonchev–Trinajstić information content (AvgIpc) is 2.34. The van der Waals surface area contributed by atoms with Crippen LogP contribution in [0.4, 0.5) is 0 Å². The third-order valence-electron chi connectivity index (χ3n) is 2.71. The van der Waals surface area contributed by atoms with Gasteiger partial charge in [0.05, 0.1) is 6.10 Å². The number of hydrogen-bond acceptors (Lipinski definition) is 3. The number of nitrogens with one attached hydrogen (secondary N) is 1. The van der Waals surface area contributed by atoms with Gasteiger partial charge in [-0.2, -0.15) is 0 Å². The number of aliphatic hydroxyl groups excluding tert-OH is 1. The van der Waals surface area contributed by atoms with Gasteiger partial charge in [-0.1, -0.05) is 32.4 Å². The standard InChI is InChI=1S/C13H19ClN2O2/c1-4-10-5-9(6-12(14)16-10)13(18)15-7-11(17)8(2)3/h5-6,8,11,17H,4,7H2,1-3H3,(H,15,18). The fourth-order valence-electron chi connectivity index (χ4n) is 1.40. The number of amides is 1. The maximum atomic E-state index is 11.9. The molecule has 0 spiro atoms. The van der Waals surface area contributed by atoms with Gasteiger partial charge in [-0.05, 0) is 24.5 Å². The van der Waals surface area contributed by atoms with Gasteiger partial charge in [0.1, 0.15) is 5.15 Å². The molecule has 4 nitrogen and oxygen atoms in total. The van der Waals surface area contributed by atoms with Gasteiger partial charge in [0, 0.05) is 17.8 Å². The number of carbonyl (C=O) groups is 1. The summed E-state index contributed by atoms with van der Waals surface area (Å²) in [6.45, 7) is 5.98. The van der Waals surface area contributed by atoms with E-state index in [9.17, 15) is 9.90 Å².